The summed E-state index contributed by atoms with van der Waals surface area (Å²) in [6, 6.07) is 8.61. The van der Waals surface area contributed by atoms with E-state index >= 15 is 0 Å². The van der Waals surface area contributed by atoms with Crippen LogP contribution in [0.2, 0.25) is 5.02 Å². The van der Waals surface area contributed by atoms with Crippen molar-refractivity contribution in [3.05, 3.63) is 51.5 Å². The van der Waals surface area contributed by atoms with Gasteiger partial charge in [0.15, 0.2) is 0 Å². The van der Waals surface area contributed by atoms with E-state index in [1.54, 1.807) is 35.2 Å². The third kappa shape index (κ3) is 2.97. The maximum atomic E-state index is 12.3. The lowest BCUT2D eigenvalue weighted by molar-refractivity contribution is 0.0786. The summed E-state index contributed by atoms with van der Waals surface area (Å²) in [4.78, 5) is 32.2. The zero-order valence-corrected chi connectivity index (χ0v) is 12.1. The fourth-order valence-electron chi connectivity index (χ4n) is 2.43. The van der Waals surface area contributed by atoms with E-state index in [1.807, 2.05) is 0 Å². The molecular formula is C15H14ClN3O2. The summed E-state index contributed by atoms with van der Waals surface area (Å²) in [5.74, 6) is -0.151. The van der Waals surface area contributed by atoms with Gasteiger partial charge in [0.1, 0.15) is 5.69 Å². The molecule has 5 nitrogen and oxygen atoms in total. The summed E-state index contributed by atoms with van der Waals surface area (Å²) >= 11 is 5.85. The van der Waals surface area contributed by atoms with Crippen molar-refractivity contribution in [3.8, 4) is 11.3 Å². The number of halogens is 1. The second-order valence-corrected chi connectivity index (χ2v) is 5.43. The maximum Gasteiger partial charge on any atom is 0.346 e. The van der Waals surface area contributed by atoms with Crippen LogP contribution in [0.15, 0.2) is 35.1 Å². The molecule has 1 aliphatic rings. The van der Waals surface area contributed by atoms with Gasteiger partial charge in [-0.1, -0.05) is 23.7 Å². The molecule has 0 bridgehead atoms. The Kier molecular flexibility index (Phi) is 3.75. The van der Waals surface area contributed by atoms with Crippen molar-refractivity contribution >= 4 is 17.5 Å². The van der Waals surface area contributed by atoms with Crippen LogP contribution in [-0.2, 0) is 0 Å². The van der Waals surface area contributed by atoms with Gasteiger partial charge in [0, 0.05) is 23.7 Å². The lowest BCUT2D eigenvalue weighted by Crippen LogP contribution is -2.30. The van der Waals surface area contributed by atoms with Crippen molar-refractivity contribution in [1.29, 1.82) is 0 Å². The van der Waals surface area contributed by atoms with Gasteiger partial charge in [0.25, 0.3) is 5.91 Å². The van der Waals surface area contributed by atoms with Crippen LogP contribution in [0.1, 0.15) is 23.3 Å². The zero-order valence-electron chi connectivity index (χ0n) is 11.3. The second-order valence-electron chi connectivity index (χ2n) is 4.99. The molecule has 1 aromatic carbocycles. The van der Waals surface area contributed by atoms with E-state index in [0.717, 1.165) is 31.5 Å². The van der Waals surface area contributed by atoms with Gasteiger partial charge in [-0.2, -0.15) is 4.98 Å². The smallest absolute Gasteiger partial charge is 0.337 e. The van der Waals surface area contributed by atoms with Crippen LogP contribution in [0.25, 0.3) is 11.3 Å². The highest BCUT2D eigenvalue weighted by Crippen LogP contribution is 2.20. The average Bonchev–Trinajstić information content (AvgIpc) is 3.00. The fourth-order valence-corrected chi connectivity index (χ4v) is 2.56. The van der Waals surface area contributed by atoms with E-state index in [1.165, 1.54) is 0 Å². The van der Waals surface area contributed by atoms with Gasteiger partial charge in [-0.15, -0.1) is 0 Å². The van der Waals surface area contributed by atoms with Gasteiger partial charge in [-0.3, -0.25) is 4.79 Å². The molecule has 1 saturated heterocycles. The van der Waals surface area contributed by atoms with Crippen LogP contribution in [0.3, 0.4) is 0 Å². The van der Waals surface area contributed by atoms with E-state index in [9.17, 15) is 9.59 Å². The van der Waals surface area contributed by atoms with Crippen molar-refractivity contribution in [2.45, 2.75) is 12.8 Å². The minimum Gasteiger partial charge on any atom is -0.337 e. The van der Waals surface area contributed by atoms with Crippen molar-refractivity contribution < 1.29 is 4.79 Å². The Balaban J connectivity index is 1.98. The van der Waals surface area contributed by atoms with E-state index in [0.29, 0.717) is 10.7 Å². The molecule has 0 saturated carbocycles. The van der Waals surface area contributed by atoms with Gasteiger partial charge in [0.05, 0.1) is 5.69 Å². The molecule has 1 amide bonds. The molecule has 21 heavy (non-hydrogen) atoms. The number of benzene rings is 1. The van der Waals surface area contributed by atoms with Crippen molar-refractivity contribution in [2.24, 2.45) is 0 Å². The van der Waals surface area contributed by atoms with Gasteiger partial charge >= 0.3 is 5.69 Å². The largest absolute Gasteiger partial charge is 0.346 e. The van der Waals surface area contributed by atoms with Crippen LogP contribution in [-0.4, -0.2) is 33.9 Å². The monoisotopic (exact) mass is 303 g/mol. The normalized spacial score (nSPS) is 14.4. The number of carbonyl (C=O) groups is 1. The lowest BCUT2D eigenvalue weighted by Gasteiger charge is -2.15. The Morgan fingerprint density at radius 3 is 2.52 bits per heavy atom. The first kappa shape index (κ1) is 13.8. The minimum atomic E-state index is -0.523. The highest BCUT2D eigenvalue weighted by molar-refractivity contribution is 6.30. The summed E-state index contributed by atoms with van der Waals surface area (Å²) in [5.41, 5.74) is 0.978. The third-order valence-corrected chi connectivity index (χ3v) is 3.76. The summed E-state index contributed by atoms with van der Waals surface area (Å²) in [7, 11) is 0. The van der Waals surface area contributed by atoms with E-state index < -0.39 is 5.69 Å². The summed E-state index contributed by atoms with van der Waals surface area (Å²) in [6.45, 7) is 1.47. The Labute approximate surface area is 126 Å². The predicted molar refractivity (Wildman–Crippen MR) is 80.4 cm³/mol. The molecule has 0 atom stereocenters. The Morgan fingerprint density at radius 2 is 1.86 bits per heavy atom. The van der Waals surface area contributed by atoms with Gasteiger partial charge in [-0.25, -0.2) is 4.79 Å². The van der Waals surface area contributed by atoms with Crippen LogP contribution in [0.4, 0.5) is 0 Å². The molecule has 0 radical (unpaired) electrons. The molecule has 1 fully saturated rings. The predicted octanol–water partition coefficient (Wildman–Crippen LogP) is 2.33. The topological polar surface area (TPSA) is 66.1 Å². The number of aromatic nitrogens is 2. The standard InChI is InChI=1S/C15H14ClN3O2/c16-11-5-3-10(4-6-11)12-9-13(18-15(21)17-12)14(20)19-7-1-2-8-19/h3-6,9H,1-2,7-8H2,(H,17,18,21). The van der Waals surface area contributed by atoms with Crippen LogP contribution >= 0.6 is 11.6 Å². The lowest BCUT2D eigenvalue weighted by atomic mass is 10.1. The molecule has 0 spiro atoms. The number of aromatic amines is 1. The van der Waals surface area contributed by atoms with Gasteiger partial charge in [0.2, 0.25) is 0 Å². The van der Waals surface area contributed by atoms with Crippen molar-refractivity contribution in [3.63, 3.8) is 0 Å². The van der Waals surface area contributed by atoms with E-state index in [4.69, 9.17) is 11.6 Å². The number of nitrogens with one attached hydrogen (secondary N) is 1. The molecule has 1 aliphatic heterocycles. The highest BCUT2D eigenvalue weighted by Gasteiger charge is 2.21. The van der Waals surface area contributed by atoms with E-state index in [2.05, 4.69) is 9.97 Å². The van der Waals surface area contributed by atoms with Gasteiger partial charge < -0.3 is 9.88 Å². The number of H-pyrrole nitrogens is 1. The summed E-state index contributed by atoms with van der Waals surface area (Å²) in [6.07, 6.45) is 2.01. The molecule has 108 valence electrons. The molecule has 2 heterocycles. The van der Waals surface area contributed by atoms with Crippen LogP contribution in [0, 0.1) is 0 Å². The fraction of sp³-hybridized carbons (Fsp3) is 0.267. The number of rotatable bonds is 2. The first-order valence-corrected chi connectivity index (χ1v) is 7.18. The number of likely N-dealkylation sites (tertiary alicyclic amines) is 1. The Hall–Kier alpha value is -2.14. The molecule has 2 aromatic rings. The number of nitrogens with zero attached hydrogens (tertiary/aromatic N) is 2. The highest BCUT2D eigenvalue weighted by atomic mass is 35.5. The maximum absolute atomic E-state index is 12.3. The number of amides is 1. The molecule has 0 unspecified atom stereocenters. The van der Waals surface area contributed by atoms with Crippen LogP contribution < -0.4 is 5.69 Å². The van der Waals surface area contributed by atoms with E-state index in [-0.39, 0.29) is 11.6 Å². The Morgan fingerprint density at radius 1 is 1.19 bits per heavy atom. The molecule has 3 rings (SSSR count). The SMILES string of the molecule is O=C(c1cc(-c2ccc(Cl)cc2)nc(=O)[nH]1)N1CCCC1. The zero-order chi connectivity index (χ0) is 14.8. The molecular weight excluding hydrogens is 290 g/mol. The second kappa shape index (κ2) is 5.69. The number of hydrogen-bond donors (Lipinski definition) is 1. The van der Waals surface area contributed by atoms with Gasteiger partial charge in [-0.05, 0) is 31.0 Å². The van der Waals surface area contributed by atoms with Crippen LogP contribution in [0.5, 0.6) is 0 Å². The molecule has 6 heteroatoms. The number of hydrogen-bond acceptors (Lipinski definition) is 3. The third-order valence-electron chi connectivity index (χ3n) is 3.51. The minimum absolute atomic E-state index is 0.151. The van der Waals surface area contributed by atoms with Crippen molar-refractivity contribution in [2.75, 3.05) is 13.1 Å². The molecule has 0 aliphatic carbocycles. The molecule has 1 aromatic heterocycles. The summed E-state index contributed by atoms with van der Waals surface area (Å²) < 4.78 is 0. The molecule has 1 N–H and O–H groups in total. The Bertz CT molecular complexity index is 718. The average molecular weight is 304 g/mol. The summed E-state index contributed by atoms with van der Waals surface area (Å²) in [5, 5.41) is 0.608. The quantitative estimate of drug-likeness (QED) is 0.926. The first-order valence-electron chi connectivity index (χ1n) is 6.80. The number of carbonyl (C=O) groups excluding carboxylic acids is 1. The van der Waals surface area contributed by atoms with Crippen molar-refractivity contribution in [1.82, 2.24) is 14.9 Å². The first-order chi connectivity index (χ1) is 10.1.